The molecule has 0 atom stereocenters. The van der Waals surface area contributed by atoms with Gasteiger partial charge in [0.15, 0.2) is 0 Å². The van der Waals surface area contributed by atoms with Gasteiger partial charge in [0.2, 0.25) is 0 Å². The molecular weight excluding hydrogens is 280 g/mol. The van der Waals surface area contributed by atoms with Crippen molar-refractivity contribution < 1.29 is 9.85 Å². The maximum absolute atomic E-state index is 10.8. The van der Waals surface area contributed by atoms with Gasteiger partial charge in [-0.3, -0.25) is 20.2 Å². The van der Waals surface area contributed by atoms with E-state index in [9.17, 15) is 20.2 Å². The lowest BCUT2D eigenvalue weighted by molar-refractivity contribution is -0.394. The van der Waals surface area contributed by atoms with E-state index in [-0.39, 0.29) is 17.1 Å². The molecule has 0 unspecified atom stereocenters. The molecule has 10 heteroatoms. The zero-order valence-corrected chi connectivity index (χ0v) is 11.1. The summed E-state index contributed by atoms with van der Waals surface area (Å²) in [5.74, 6) is 0. The highest BCUT2D eigenvalue weighted by Crippen LogP contribution is 2.24. The highest BCUT2D eigenvalue weighted by molar-refractivity contribution is 5.52. The van der Waals surface area contributed by atoms with Gasteiger partial charge in [-0.05, 0) is 6.54 Å². The number of rotatable bonds is 6. The molecule has 10 nitrogen and oxygen atoms in total. The molecule has 0 aliphatic carbocycles. The lowest BCUT2D eigenvalue weighted by Crippen LogP contribution is -2.11. The number of nitrogens with zero attached hydrogens (tertiary/aromatic N) is 5. The lowest BCUT2D eigenvalue weighted by Gasteiger charge is -2.00. The molecule has 1 N–H and O–H groups in total. The third-order valence-corrected chi connectivity index (χ3v) is 2.67. The molecule has 0 amide bonds. The predicted octanol–water partition coefficient (Wildman–Crippen LogP) is 1.19. The van der Waals surface area contributed by atoms with Crippen molar-refractivity contribution in [3.8, 4) is 5.69 Å². The minimum Gasteiger partial charge on any atom is -0.311 e. The first kappa shape index (κ1) is 14.5. The predicted molar refractivity (Wildman–Crippen MR) is 72.0 cm³/mol. The summed E-state index contributed by atoms with van der Waals surface area (Å²) in [7, 11) is 0. The maximum atomic E-state index is 10.8. The molecule has 1 aromatic carbocycles. The first-order chi connectivity index (χ1) is 10.0. The number of benzene rings is 1. The molecule has 0 saturated heterocycles. The second-order valence-corrected chi connectivity index (χ2v) is 4.16. The van der Waals surface area contributed by atoms with E-state index in [0.717, 1.165) is 12.6 Å². The van der Waals surface area contributed by atoms with Gasteiger partial charge in [0, 0.05) is 18.7 Å². The highest BCUT2D eigenvalue weighted by Gasteiger charge is 2.18. The Kier molecular flexibility index (Phi) is 4.18. The van der Waals surface area contributed by atoms with Crippen LogP contribution in [0.5, 0.6) is 0 Å². The number of nitro benzene ring substituents is 2. The van der Waals surface area contributed by atoms with Gasteiger partial charge < -0.3 is 5.32 Å². The van der Waals surface area contributed by atoms with Crippen molar-refractivity contribution in [2.45, 2.75) is 13.5 Å². The molecule has 21 heavy (non-hydrogen) atoms. The van der Waals surface area contributed by atoms with Crippen LogP contribution in [-0.2, 0) is 6.54 Å². The summed E-state index contributed by atoms with van der Waals surface area (Å²) in [4.78, 5) is 20.3. The summed E-state index contributed by atoms with van der Waals surface area (Å²) in [5.41, 5.74) is 0.100. The lowest BCUT2D eigenvalue weighted by atomic mass is 10.2. The molecular formula is C11H12N6O4. The Hall–Kier alpha value is -2.88. The van der Waals surface area contributed by atoms with Crippen LogP contribution in [0.3, 0.4) is 0 Å². The van der Waals surface area contributed by atoms with E-state index >= 15 is 0 Å². The van der Waals surface area contributed by atoms with Gasteiger partial charge in [0.1, 0.15) is 0 Å². The Morgan fingerprint density at radius 1 is 1.19 bits per heavy atom. The van der Waals surface area contributed by atoms with Gasteiger partial charge in [-0.1, -0.05) is 12.1 Å². The van der Waals surface area contributed by atoms with Crippen LogP contribution in [0.4, 0.5) is 11.4 Å². The molecule has 0 saturated carbocycles. The number of nitro groups is 2. The second kappa shape index (κ2) is 6.05. The third kappa shape index (κ3) is 3.36. The second-order valence-electron chi connectivity index (χ2n) is 4.16. The number of non-ortho nitro benzene ring substituents is 2. The molecule has 2 rings (SSSR count). The molecule has 110 valence electrons. The summed E-state index contributed by atoms with van der Waals surface area (Å²) >= 11 is 0. The van der Waals surface area contributed by atoms with Crippen LogP contribution in [0.1, 0.15) is 12.6 Å². The van der Waals surface area contributed by atoms with E-state index in [1.807, 2.05) is 6.92 Å². The van der Waals surface area contributed by atoms with Gasteiger partial charge >= 0.3 is 0 Å². The molecule has 2 aromatic rings. The fourth-order valence-electron chi connectivity index (χ4n) is 1.68. The van der Waals surface area contributed by atoms with E-state index in [1.165, 1.54) is 16.8 Å². The fraction of sp³-hybridized carbons (Fsp3) is 0.273. The van der Waals surface area contributed by atoms with Gasteiger partial charge in [0.25, 0.3) is 11.4 Å². The van der Waals surface area contributed by atoms with Crippen LogP contribution < -0.4 is 5.32 Å². The Morgan fingerprint density at radius 2 is 1.81 bits per heavy atom. The Labute approximate surface area is 118 Å². The smallest absolute Gasteiger partial charge is 0.278 e. The van der Waals surface area contributed by atoms with E-state index in [0.29, 0.717) is 12.2 Å². The van der Waals surface area contributed by atoms with E-state index < -0.39 is 9.85 Å². The summed E-state index contributed by atoms with van der Waals surface area (Å²) in [6, 6.07) is 3.32. The number of nitrogens with one attached hydrogen (secondary N) is 1. The van der Waals surface area contributed by atoms with Crippen LogP contribution in [0, 0.1) is 20.2 Å². The Balaban J connectivity index is 2.40. The first-order valence-electron chi connectivity index (χ1n) is 6.07. The largest absolute Gasteiger partial charge is 0.311 e. The minimum atomic E-state index is -0.688. The van der Waals surface area contributed by atoms with Crippen molar-refractivity contribution in [3.05, 3.63) is 50.3 Å². The minimum absolute atomic E-state index is 0.214. The van der Waals surface area contributed by atoms with Crippen molar-refractivity contribution >= 4 is 11.4 Å². The Bertz CT molecular complexity index is 651. The van der Waals surface area contributed by atoms with Gasteiger partial charge in [-0.25, -0.2) is 4.68 Å². The highest BCUT2D eigenvalue weighted by atomic mass is 16.6. The molecule has 0 radical (unpaired) electrons. The Morgan fingerprint density at radius 3 is 2.33 bits per heavy atom. The zero-order chi connectivity index (χ0) is 15.4. The molecule has 1 heterocycles. The van der Waals surface area contributed by atoms with Crippen LogP contribution in [0.25, 0.3) is 5.69 Å². The van der Waals surface area contributed by atoms with Gasteiger partial charge in [-0.15, -0.1) is 5.10 Å². The summed E-state index contributed by atoms with van der Waals surface area (Å²) in [5, 5.41) is 32.4. The van der Waals surface area contributed by atoms with Crippen molar-refractivity contribution in [1.29, 1.82) is 0 Å². The number of hydrogen-bond donors (Lipinski definition) is 1. The molecule has 1 aromatic heterocycles. The number of hydrogen-bond acceptors (Lipinski definition) is 7. The summed E-state index contributed by atoms with van der Waals surface area (Å²) < 4.78 is 1.27. The first-order valence-corrected chi connectivity index (χ1v) is 6.07. The van der Waals surface area contributed by atoms with Crippen LogP contribution in [0.2, 0.25) is 0 Å². The number of aromatic nitrogens is 3. The van der Waals surface area contributed by atoms with Crippen molar-refractivity contribution in [2.75, 3.05) is 6.54 Å². The molecule has 0 aliphatic heterocycles. The SMILES string of the molecule is CCNCc1cn(-c2cc([N+](=O)[O-])cc([N+](=O)[O-])c2)nn1. The summed E-state index contributed by atoms with van der Waals surface area (Å²) in [6.45, 7) is 3.19. The standard InChI is InChI=1S/C11H12N6O4/c1-2-12-6-8-7-15(14-13-8)9-3-10(16(18)19)5-11(4-9)17(20)21/h3-5,7,12H,2,6H2,1H3. The third-order valence-electron chi connectivity index (χ3n) is 2.67. The van der Waals surface area contributed by atoms with Crippen molar-refractivity contribution in [3.63, 3.8) is 0 Å². The molecule has 0 spiro atoms. The zero-order valence-electron chi connectivity index (χ0n) is 11.1. The quantitative estimate of drug-likeness (QED) is 0.625. The summed E-state index contributed by atoms with van der Waals surface area (Å²) in [6.07, 6.45) is 1.56. The normalized spacial score (nSPS) is 10.5. The van der Waals surface area contributed by atoms with Crippen LogP contribution >= 0.6 is 0 Å². The molecule has 0 aliphatic rings. The monoisotopic (exact) mass is 292 g/mol. The van der Waals surface area contributed by atoms with Crippen molar-refractivity contribution in [1.82, 2.24) is 20.3 Å². The molecule has 0 fully saturated rings. The molecule has 0 bridgehead atoms. The maximum Gasteiger partial charge on any atom is 0.278 e. The topological polar surface area (TPSA) is 129 Å². The van der Waals surface area contributed by atoms with E-state index in [1.54, 1.807) is 6.20 Å². The fourth-order valence-corrected chi connectivity index (χ4v) is 1.68. The van der Waals surface area contributed by atoms with Gasteiger partial charge in [-0.2, -0.15) is 0 Å². The van der Waals surface area contributed by atoms with Gasteiger partial charge in [0.05, 0.1) is 33.5 Å². The van der Waals surface area contributed by atoms with Crippen LogP contribution in [-0.4, -0.2) is 31.4 Å². The van der Waals surface area contributed by atoms with Crippen LogP contribution in [0.15, 0.2) is 24.4 Å². The average Bonchev–Trinajstić information content (AvgIpc) is 2.93. The van der Waals surface area contributed by atoms with E-state index in [2.05, 4.69) is 15.6 Å². The average molecular weight is 292 g/mol. The van der Waals surface area contributed by atoms with Crippen molar-refractivity contribution in [2.24, 2.45) is 0 Å². The van der Waals surface area contributed by atoms with E-state index in [4.69, 9.17) is 0 Å².